The van der Waals surface area contributed by atoms with E-state index in [-0.39, 0.29) is 0 Å². The number of anilines is 1. The lowest BCUT2D eigenvalue weighted by Gasteiger charge is -2.17. The quantitative estimate of drug-likeness (QED) is 0.819. The fourth-order valence-electron chi connectivity index (χ4n) is 2.18. The zero-order chi connectivity index (χ0) is 12.3. The fourth-order valence-corrected chi connectivity index (χ4v) is 2.18. The number of rotatable bonds is 6. The summed E-state index contributed by atoms with van der Waals surface area (Å²) in [5.74, 6) is 2.83. The molecule has 0 aliphatic heterocycles. The van der Waals surface area contributed by atoms with Crippen LogP contribution in [0.15, 0.2) is 6.07 Å². The van der Waals surface area contributed by atoms with Crippen molar-refractivity contribution in [1.82, 2.24) is 9.97 Å². The van der Waals surface area contributed by atoms with Crippen molar-refractivity contribution in [3.8, 4) is 0 Å². The van der Waals surface area contributed by atoms with Crippen LogP contribution in [0.1, 0.15) is 51.0 Å². The largest absolute Gasteiger partial charge is 0.367 e. The zero-order valence-corrected chi connectivity index (χ0v) is 11.2. The molecule has 94 valence electrons. The summed E-state index contributed by atoms with van der Waals surface area (Å²) in [6.45, 7) is 6.34. The summed E-state index contributed by atoms with van der Waals surface area (Å²) in [6.07, 6.45) is 6.27. The minimum absolute atomic E-state index is 0.571. The van der Waals surface area contributed by atoms with Crippen LogP contribution in [0.4, 0.5) is 5.82 Å². The van der Waals surface area contributed by atoms with Gasteiger partial charge in [0.2, 0.25) is 0 Å². The molecule has 0 spiro atoms. The molecule has 1 heterocycles. The number of aryl methyl sites for hydroxylation is 2. The van der Waals surface area contributed by atoms with E-state index >= 15 is 0 Å². The normalized spacial score (nSPS) is 16.9. The van der Waals surface area contributed by atoms with Gasteiger partial charge in [0, 0.05) is 17.8 Å². The van der Waals surface area contributed by atoms with E-state index in [9.17, 15) is 0 Å². The van der Waals surface area contributed by atoms with Gasteiger partial charge in [0.05, 0.1) is 0 Å². The maximum atomic E-state index is 4.48. The standard InChI is InChI=1S/C14H23N3/c1-4-12(8-11-6-7-11)17-14-9-13(5-2)15-10(3)16-14/h9,11-12H,4-8H2,1-3H3,(H,15,16,17). The van der Waals surface area contributed by atoms with Gasteiger partial charge in [-0.2, -0.15) is 0 Å². The number of hydrogen-bond acceptors (Lipinski definition) is 3. The van der Waals surface area contributed by atoms with Gasteiger partial charge in [0.15, 0.2) is 0 Å². The SMILES string of the molecule is CCc1cc(NC(CC)CC2CC2)nc(C)n1. The van der Waals surface area contributed by atoms with E-state index in [1.807, 2.05) is 6.92 Å². The first-order valence-corrected chi connectivity index (χ1v) is 6.82. The van der Waals surface area contributed by atoms with Gasteiger partial charge >= 0.3 is 0 Å². The molecule has 1 atom stereocenters. The van der Waals surface area contributed by atoms with Crippen LogP contribution in [0.25, 0.3) is 0 Å². The molecule has 0 radical (unpaired) electrons. The predicted molar refractivity (Wildman–Crippen MR) is 71.2 cm³/mol. The van der Waals surface area contributed by atoms with E-state index in [0.717, 1.165) is 29.7 Å². The van der Waals surface area contributed by atoms with Crippen LogP contribution in [0, 0.1) is 12.8 Å². The molecule has 1 aromatic rings. The Labute approximate surface area is 104 Å². The highest BCUT2D eigenvalue weighted by Crippen LogP contribution is 2.34. The van der Waals surface area contributed by atoms with Gasteiger partial charge in [-0.05, 0) is 32.1 Å². The van der Waals surface area contributed by atoms with Gasteiger partial charge in [-0.1, -0.05) is 26.7 Å². The molecule has 1 unspecified atom stereocenters. The third kappa shape index (κ3) is 3.69. The summed E-state index contributed by atoms with van der Waals surface area (Å²) in [6, 6.07) is 2.66. The lowest BCUT2D eigenvalue weighted by molar-refractivity contribution is 0.584. The van der Waals surface area contributed by atoms with Gasteiger partial charge in [0.25, 0.3) is 0 Å². The molecule has 3 nitrogen and oxygen atoms in total. The van der Waals surface area contributed by atoms with Crippen LogP contribution in [-0.2, 0) is 6.42 Å². The van der Waals surface area contributed by atoms with E-state index in [4.69, 9.17) is 0 Å². The molecule has 1 saturated carbocycles. The molecule has 2 rings (SSSR count). The van der Waals surface area contributed by atoms with Crippen LogP contribution >= 0.6 is 0 Å². The first-order chi connectivity index (χ1) is 8.21. The van der Waals surface area contributed by atoms with Crippen LogP contribution in [0.3, 0.4) is 0 Å². The van der Waals surface area contributed by atoms with Crippen molar-refractivity contribution in [2.45, 2.75) is 58.9 Å². The van der Waals surface area contributed by atoms with Crippen LogP contribution < -0.4 is 5.32 Å². The van der Waals surface area contributed by atoms with E-state index < -0.39 is 0 Å². The molecule has 0 amide bonds. The molecule has 0 aromatic carbocycles. The van der Waals surface area contributed by atoms with Gasteiger partial charge in [-0.3, -0.25) is 0 Å². The highest BCUT2D eigenvalue weighted by molar-refractivity contribution is 5.37. The average Bonchev–Trinajstić information content (AvgIpc) is 3.11. The number of nitrogens with zero attached hydrogens (tertiary/aromatic N) is 2. The monoisotopic (exact) mass is 233 g/mol. The predicted octanol–water partition coefficient (Wildman–Crippen LogP) is 3.34. The molecule has 3 heteroatoms. The molecular weight excluding hydrogens is 210 g/mol. The molecule has 0 bridgehead atoms. The fraction of sp³-hybridized carbons (Fsp3) is 0.714. The summed E-state index contributed by atoms with van der Waals surface area (Å²) < 4.78 is 0. The van der Waals surface area contributed by atoms with Crippen molar-refractivity contribution in [2.24, 2.45) is 5.92 Å². The van der Waals surface area contributed by atoms with Crippen molar-refractivity contribution in [1.29, 1.82) is 0 Å². The molecule has 1 aliphatic rings. The highest BCUT2D eigenvalue weighted by atomic mass is 15.0. The first kappa shape index (κ1) is 12.3. The lowest BCUT2D eigenvalue weighted by atomic mass is 10.1. The topological polar surface area (TPSA) is 37.8 Å². The summed E-state index contributed by atoms with van der Waals surface area (Å²) in [5.41, 5.74) is 1.13. The average molecular weight is 233 g/mol. The van der Waals surface area contributed by atoms with Gasteiger partial charge in [-0.25, -0.2) is 9.97 Å². The molecule has 1 fully saturated rings. The molecule has 1 aromatic heterocycles. The Morgan fingerprint density at radius 3 is 2.71 bits per heavy atom. The molecular formula is C14H23N3. The Balaban J connectivity index is 2.01. The number of aromatic nitrogens is 2. The Morgan fingerprint density at radius 1 is 1.35 bits per heavy atom. The zero-order valence-electron chi connectivity index (χ0n) is 11.2. The maximum absolute atomic E-state index is 4.48. The van der Waals surface area contributed by atoms with E-state index in [1.165, 1.54) is 25.7 Å². The Hall–Kier alpha value is -1.12. The van der Waals surface area contributed by atoms with Gasteiger partial charge in [0.1, 0.15) is 11.6 Å². The molecule has 0 saturated heterocycles. The number of nitrogens with one attached hydrogen (secondary N) is 1. The molecule has 1 aliphatic carbocycles. The summed E-state index contributed by atoms with van der Waals surface area (Å²) in [5, 5.41) is 3.56. The Bertz CT molecular complexity index is 372. The summed E-state index contributed by atoms with van der Waals surface area (Å²) >= 11 is 0. The van der Waals surface area contributed by atoms with E-state index in [0.29, 0.717) is 6.04 Å². The van der Waals surface area contributed by atoms with Crippen LogP contribution in [0.2, 0.25) is 0 Å². The smallest absolute Gasteiger partial charge is 0.130 e. The van der Waals surface area contributed by atoms with E-state index in [2.05, 4.69) is 35.2 Å². The minimum Gasteiger partial charge on any atom is -0.367 e. The van der Waals surface area contributed by atoms with Gasteiger partial charge < -0.3 is 5.32 Å². The highest BCUT2D eigenvalue weighted by Gasteiger charge is 2.24. The Kier molecular flexibility index (Phi) is 3.97. The number of hydrogen-bond donors (Lipinski definition) is 1. The third-order valence-corrected chi connectivity index (χ3v) is 3.41. The minimum atomic E-state index is 0.571. The van der Waals surface area contributed by atoms with Crippen molar-refractivity contribution >= 4 is 5.82 Å². The Morgan fingerprint density at radius 2 is 2.12 bits per heavy atom. The summed E-state index contributed by atoms with van der Waals surface area (Å²) in [4.78, 5) is 8.88. The first-order valence-electron chi connectivity index (χ1n) is 6.82. The van der Waals surface area contributed by atoms with E-state index in [1.54, 1.807) is 0 Å². The van der Waals surface area contributed by atoms with Gasteiger partial charge in [-0.15, -0.1) is 0 Å². The summed E-state index contributed by atoms with van der Waals surface area (Å²) in [7, 11) is 0. The lowest BCUT2D eigenvalue weighted by Crippen LogP contribution is -2.20. The molecule has 17 heavy (non-hydrogen) atoms. The second-order valence-electron chi connectivity index (χ2n) is 5.07. The van der Waals surface area contributed by atoms with Crippen molar-refractivity contribution in [2.75, 3.05) is 5.32 Å². The van der Waals surface area contributed by atoms with Crippen LogP contribution in [0.5, 0.6) is 0 Å². The van der Waals surface area contributed by atoms with Crippen molar-refractivity contribution in [3.63, 3.8) is 0 Å². The third-order valence-electron chi connectivity index (χ3n) is 3.41. The second kappa shape index (κ2) is 5.48. The maximum Gasteiger partial charge on any atom is 0.130 e. The van der Waals surface area contributed by atoms with Crippen molar-refractivity contribution < 1.29 is 0 Å². The van der Waals surface area contributed by atoms with Crippen LogP contribution in [-0.4, -0.2) is 16.0 Å². The van der Waals surface area contributed by atoms with Crippen molar-refractivity contribution in [3.05, 3.63) is 17.6 Å². The molecule has 1 N–H and O–H groups in total. The second-order valence-corrected chi connectivity index (χ2v) is 5.07.